The van der Waals surface area contributed by atoms with Crippen molar-refractivity contribution in [1.29, 1.82) is 0 Å². The summed E-state index contributed by atoms with van der Waals surface area (Å²) in [4.78, 5) is 27.2. The number of nitrogens with zero attached hydrogens (tertiary/aromatic N) is 1. The largest absolute Gasteiger partial charge is 0.507 e. The molecule has 2 aromatic carbocycles. The predicted octanol–water partition coefficient (Wildman–Crippen LogP) is 3.30. The molecular weight excluding hydrogens is 405 g/mol. The number of methoxy groups -OCH3 is 3. The molecule has 0 spiro atoms. The van der Waals surface area contributed by atoms with E-state index in [9.17, 15) is 19.1 Å². The third kappa shape index (κ3) is 4.39. The SMILES string of the molecule is COCCCN1C(=O)C(=O)C(=C(O)c2ccc(F)cc2)[C@H]1c1ccc(OC)c(OC)c1. The second kappa shape index (κ2) is 9.61. The van der Waals surface area contributed by atoms with Crippen molar-refractivity contribution in [1.82, 2.24) is 4.90 Å². The van der Waals surface area contributed by atoms with Crippen LogP contribution in [0.3, 0.4) is 0 Å². The lowest BCUT2D eigenvalue weighted by atomic mass is 9.95. The second-order valence-electron chi connectivity index (χ2n) is 6.96. The van der Waals surface area contributed by atoms with E-state index >= 15 is 0 Å². The predicted molar refractivity (Wildman–Crippen MR) is 111 cm³/mol. The highest BCUT2D eigenvalue weighted by atomic mass is 19.1. The number of aliphatic hydroxyl groups excluding tert-OH is 1. The number of benzene rings is 2. The second-order valence-corrected chi connectivity index (χ2v) is 6.96. The maximum Gasteiger partial charge on any atom is 0.295 e. The van der Waals surface area contributed by atoms with Crippen LogP contribution in [0, 0.1) is 5.82 Å². The van der Waals surface area contributed by atoms with Gasteiger partial charge in [0.15, 0.2) is 11.5 Å². The normalized spacial score (nSPS) is 17.8. The van der Waals surface area contributed by atoms with E-state index in [2.05, 4.69) is 0 Å². The van der Waals surface area contributed by atoms with Gasteiger partial charge in [0.2, 0.25) is 0 Å². The molecule has 164 valence electrons. The van der Waals surface area contributed by atoms with Gasteiger partial charge in [-0.3, -0.25) is 9.59 Å². The van der Waals surface area contributed by atoms with Crippen LogP contribution in [0.4, 0.5) is 4.39 Å². The molecule has 0 radical (unpaired) electrons. The molecule has 1 aliphatic heterocycles. The molecule has 0 aromatic heterocycles. The van der Waals surface area contributed by atoms with E-state index in [4.69, 9.17) is 14.2 Å². The number of likely N-dealkylation sites (tertiary alicyclic amines) is 1. The van der Waals surface area contributed by atoms with Crippen LogP contribution in [0.25, 0.3) is 5.76 Å². The Balaban J connectivity index is 2.15. The van der Waals surface area contributed by atoms with Crippen LogP contribution in [0.5, 0.6) is 11.5 Å². The molecule has 7 nitrogen and oxygen atoms in total. The fourth-order valence-corrected chi connectivity index (χ4v) is 3.62. The minimum Gasteiger partial charge on any atom is -0.507 e. The Morgan fingerprint density at radius 2 is 1.71 bits per heavy atom. The lowest BCUT2D eigenvalue weighted by molar-refractivity contribution is -0.140. The molecule has 3 rings (SSSR count). The molecule has 0 unspecified atom stereocenters. The molecule has 1 saturated heterocycles. The van der Waals surface area contributed by atoms with E-state index < -0.39 is 23.5 Å². The molecule has 31 heavy (non-hydrogen) atoms. The summed E-state index contributed by atoms with van der Waals surface area (Å²) >= 11 is 0. The van der Waals surface area contributed by atoms with Gasteiger partial charge >= 0.3 is 0 Å². The maximum absolute atomic E-state index is 13.3. The lowest BCUT2D eigenvalue weighted by Gasteiger charge is -2.26. The molecule has 1 fully saturated rings. The Kier molecular flexibility index (Phi) is 6.91. The molecule has 8 heteroatoms. The van der Waals surface area contributed by atoms with Crippen LogP contribution < -0.4 is 9.47 Å². The van der Waals surface area contributed by atoms with Crippen LogP contribution in [-0.4, -0.2) is 56.2 Å². The molecular formula is C23H24FNO6. The van der Waals surface area contributed by atoms with Gasteiger partial charge in [-0.05, 0) is 48.4 Å². The molecule has 0 bridgehead atoms. The molecule has 0 saturated carbocycles. The van der Waals surface area contributed by atoms with Crippen LogP contribution in [-0.2, 0) is 14.3 Å². The first-order chi connectivity index (χ1) is 14.9. The number of Topliss-reactive ketones (excluding diaryl/α,β-unsaturated/α-hetero) is 1. The molecule has 1 aliphatic rings. The van der Waals surface area contributed by atoms with Crippen molar-refractivity contribution in [3.63, 3.8) is 0 Å². The Labute approximate surface area is 179 Å². The monoisotopic (exact) mass is 429 g/mol. The van der Waals surface area contributed by atoms with Gasteiger partial charge < -0.3 is 24.2 Å². The number of carbonyl (C=O) groups excluding carboxylic acids is 2. The van der Waals surface area contributed by atoms with Gasteiger partial charge in [0.1, 0.15) is 11.6 Å². The summed E-state index contributed by atoms with van der Waals surface area (Å²) < 4.78 is 29.0. The topological polar surface area (TPSA) is 85.3 Å². The summed E-state index contributed by atoms with van der Waals surface area (Å²) in [5, 5.41) is 10.9. The van der Waals surface area contributed by atoms with Crippen LogP contribution in [0.1, 0.15) is 23.6 Å². The van der Waals surface area contributed by atoms with Gasteiger partial charge in [-0.15, -0.1) is 0 Å². The molecule has 2 aromatic rings. The lowest BCUT2D eigenvalue weighted by Crippen LogP contribution is -2.31. The van der Waals surface area contributed by atoms with Crippen molar-refractivity contribution < 1.29 is 33.3 Å². The Hall–Kier alpha value is -3.39. The number of hydrogen-bond donors (Lipinski definition) is 1. The maximum atomic E-state index is 13.3. The highest BCUT2D eigenvalue weighted by molar-refractivity contribution is 6.46. The molecule has 0 aliphatic carbocycles. The number of aliphatic hydroxyl groups is 1. The quantitative estimate of drug-likeness (QED) is 0.300. The number of ketones is 1. The summed E-state index contributed by atoms with van der Waals surface area (Å²) in [6.07, 6.45) is 0.504. The molecule has 1 amide bonds. The minimum absolute atomic E-state index is 0.0683. The first-order valence-electron chi connectivity index (χ1n) is 9.68. The van der Waals surface area contributed by atoms with E-state index in [1.165, 1.54) is 43.4 Å². The van der Waals surface area contributed by atoms with Crippen LogP contribution in [0.2, 0.25) is 0 Å². The van der Waals surface area contributed by atoms with Gasteiger partial charge in [-0.1, -0.05) is 6.07 Å². The van der Waals surface area contributed by atoms with Crippen LogP contribution >= 0.6 is 0 Å². The first kappa shape index (κ1) is 22.3. The van der Waals surface area contributed by atoms with Crippen LogP contribution in [0.15, 0.2) is 48.0 Å². The smallest absolute Gasteiger partial charge is 0.295 e. The summed E-state index contributed by atoms with van der Waals surface area (Å²) in [6, 6.07) is 9.26. The number of hydrogen-bond acceptors (Lipinski definition) is 6. The zero-order chi connectivity index (χ0) is 22.5. The van der Waals surface area contributed by atoms with E-state index in [-0.39, 0.29) is 23.4 Å². The summed E-state index contributed by atoms with van der Waals surface area (Å²) in [6.45, 7) is 0.650. The van der Waals surface area contributed by atoms with Gasteiger partial charge in [0.05, 0.1) is 25.8 Å². The standard InChI is InChI=1S/C23H24FNO6/c1-29-12-4-11-25-20(15-7-10-17(30-2)18(13-15)31-3)19(22(27)23(25)28)21(26)14-5-8-16(24)9-6-14/h5-10,13,20,26H,4,11-12H2,1-3H3/t20-/m1/s1. The highest BCUT2D eigenvalue weighted by Gasteiger charge is 2.46. The fourth-order valence-electron chi connectivity index (χ4n) is 3.62. The average molecular weight is 429 g/mol. The van der Waals surface area contributed by atoms with Gasteiger partial charge in [0.25, 0.3) is 11.7 Å². The molecule has 1 heterocycles. The average Bonchev–Trinajstić information content (AvgIpc) is 3.03. The van der Waals surface area contributed by atoms with E-state index in [0.29, 0.717) is 30.1 Å². The summed E-state index contributed by atoms with van der Waals surface area (Å²) in [5.41, 5.74) is 0.737. The third-order valence-corrected chi connectivity index (χ3v) is 5.13. The highest BCUT2D eigenvalue weighted by Crippen LogP contribution is 2.42. The van der Waals surface area contributed by atoms with Gasteiger partial charge in [-0.2, -0.15) is 0 Å². The van der Waals surface area contributed by atoms with Crippen molar-refractivity contribution in [2.75, 3.05) is 34.5 Å². The van der Waals surface area contributed by atoms with Gasteiger partial charge in [0, 0.05) is 25.8 Å². The van der Waals surface area contributed by atoms with Crippen molar-refractivity contribution in [3.8, 4) is 11.5 Å². The summed E-state index contributed by atoms with van der Waals surface area (Å²) in [5.74, 6) is -1.47. The van der Waals surface area contributed by atoms with Crippen molar-refractivity contribution in [2.45, 2.75) is 12.5 Å². The van der Waals surface area contributed by atoms with E-state index in [1.807, 2.05) is 0 Å². The zero-order valence-corrected chi connectivity index (χ0v) is 17.6. The Bertz CT molecular complexity index is 1000. The van der Waals surface area contributed by atoms with Crippen molar-refractivity contribution >= 4 is 17.4 Å². The third-order valence-electron chi connectivity index (χ3n) is 5.13. The zero-order valence-electron chi connectivity index (χ0n) is 17.6. The number of halogens is 1. The van der Waals surface area contributed by atoms with Gasteiger partial charge in [-0.25, -0.2) is 4.39 Å². The summed E-state index contributed by atoms with van der Waals surface area (Å²) in [7, 11) is 4.53. The van der Waals surface area contributed by atoms with E-state index in [0.717, 1.165) is 0 Å². The number of carbonyl (C=O) groups is 2. The number of amides is 1. The molecule has 1 atom stereocenters. The minimum atomic E-state index is -0.846. The van der Waals surface area contributed by atoms with Crippen molar-refractivity contribution in [2.24, 2.45) is 0 Å². The Morgan fingerprint density at radius 3 is 2.32 bits per heavy atom. The van der Waals surface area contributed by atoms with Crippen molar-refractivity contribution in [3.05, 3.63) is 65.0 Å². The first-order valence-corrected chi connectivity index (χ1v) is 9.68. The van der Waals surface area contributed by atoms with E-state index in [1.54, 1.807) is 25.3 Å². The number of ether oxygens (including phenoxy) is 3. The number of rotatable bonds is 8. The Morgan fingerprint density at radius 1 is 1.03 bits per heavy atom. The fraction of sp³-hybridized carbons (Fsp3) is 0.304. The molecule has 1 N–H and O–H groups in total.